The molecule has 0 unspecified atom stereocenters. The van der Waals surface area contributed by atoms with Gasteiger partial charge in [-0.3, -0.25) is 14.4 Å². The van der Waals surface area contributed by atoms with Crippen LogP contribution in [0.25, 0.3) is 0 Å². The zero-order valence-electron chi connectivity index (χ0n) is 25.6. The summed E-state index contributed by atoms with van der Waals surface area (Å²) in [4.78, 5) is 54.5. The number of aliphatic hydroxyl groups is 1. The molecule has 3 heterocycles. The van der Waals surface area contributed by atoms with Crippen molar-refractivity contribution in [1.82, 2.24) is 30.5 Å². The number of hydrogen-bond acceptors (Lipinski definition) is 8. The summed E-state index contributed by atoms with van der Waals surface area (Å²) in [5.41, 5.74) is 1.55. The van der Waals surface area contributed by atoms with Crippen molar-refractivity contribution < 1.29 is 24.2 Å². The van der Waals surface area contributed by atoms with Gasteiger partial charge in [0.15, 0.2) is 0 Å². The molecule has 11 nitrogen and oxygen atoms in total. The van der Waals surface area contributed by atoms with Crippen molar-refractivity contribution in [3.8, 4) is 0 Å². The molecule has 1 aromatic carbocycles. The molecule has 1 saturated carbocycles. The summed E-state index contributed by atoms with van der Waals surface area (Å²) in [6.07, 6.45) is 10.7. The number of ether oxygens (including phenoxy) is 1. The lowest BCUT2D eigenvalue weighted by atomic mass is 9.83. The van der Waals surface area contributed by atoms with E-state index in [1.807, 2.05) is 35.7 Å². The molecule has 3 amide bonds. The maximum atomic E-state index is 14.0. The van der Waals surface area contributed by atoms with Crippen LogP contribution in [0, 0.1) is 11.8 Å². The normalized spacial score (nSPS) is 18.5. The molecule has 1 aliphatic carbocycles. The van der Waals surface area contributed by atoms with Crippen molar-refractivity contribution in [1.29, 1.82) is 0 Å². The number of benzene rings is 1. The SMILES string of the molecule is O=C(N[C@@H](Cc1c[nH]cn1)C(=O)N[C@H](CC1CCCCC1)[C@H](O)c1nccs1)[C@@H](CC(=O)N1CCOCC1)Cc1ccccc1. The minimum atomic E-state index is -0.963. The first-order chi connectivity index (χ1) is 22.0. The van der Waals surface area contributed by atoms with Crippen LogP contribution in [0.5, 0.6) is 0 Å². The lowest BCUT2D eigenvalue weighted by Crippen LogP contribution is -2.54. The van der Waals surface area contributed by atoms with Gasteiger partial charge in [-0.05, 0) is 24.3 Å². The second kappa shape index (κ2) is 16.6. The molecule has 2 aromatic heterocycles. The van der Waals surface area contributed by atoms with Gasteiger partial charge in [-0.25, -0.2) is 9.97 Å². The number of amides is 3. The first-order valence-electron chi connectivity index (χ1n) is 16.0. The highest BCUT2D eigenvalue weighted by Gasteiger charge is 2.34. The Kier molecular flexibility index (Phi) is 12.1. The number of aromatic nitrogens is 3. The van der Waals surface area contributed by atoms with E-state index in [0.717, 1.165) is 31.2 Å². The third-order valence-corrected chi connectivity index (χ3v) is 9.65. The molecule has 1 saturated heterocycles. The first-order valence-corrected chi connectivity index (χ1v) is 16.9. The summed E-state index contributed by atoms with van der Waals surface area (Å²) in [7, 11) is 0. The predicted molar refractivity (Wildman–Crippen MR) is 170 cm³/mol. The van der Waals surface area contributed by atoms with E-state index in [1.165, 1.54) is 24.1 Å². The fraction of sp³-hybridized carbons (Fsp3) is 0.545. The Morgan fingerprint density at radius 2 is 1.80 bits per heavy atom. The van der Waals surface area contributed by atoms with Gasteiger partial charge in [0, 0.05) is 43.7 Å². The standard InChI is InChI=1S/C33H44N6O5S/c40-29(39-12-14-44-15-13-39)19-25(17-23-7-3-1-4-8-23)31(42)38-28(20-26-21-34-22-36-26)32(43)37-27(18-24-9-5-2-6-10-24)30(41)33-35-11-16-45-33/h1,3-4,7-8,11,16,21-22,24-25,27-28,30,41H,2,5-6,9-10,12-15,17-20H2,(H,34,36)(H,37,43)(H,38,42)/t25-,27-,28+,30+/m1/s1. The second-order valence-corrected chi connectivity index (χ2v) is 13.0. The fourth-order valence-electron chi connectivity index (χ4n) is 6.30. The van der Waals surface area contributed by atoms with Gasteiger partial charge in [0.1, 0.15) is 17.2 Å². The monoisotopic (exact) mass is 636 g/mol. The zero-order valence-corrected chi connectivity index (χ0v) is 26.4. The van der Waals surface area contributed by atoms with Gasteiger partial charge in [0.25, 0.3) is 0 Å². The van der Waals surface area contributed by atoms with Crippen molar-refractivity contribution in [2.75, 3.05) is 26.3 Å². The topological polar surface area (TPSA) is 150 Å². The fourth-order valence-corrected chi connectivity index (χ4v) is 6.99. The maximum absolute atomic E-state index is 14.0. The minimum absolute atomic E-state index is 0.0184. The third kappa shape index (κ3) is 9.69. The number of imidazole rings is 1. The number of thiazole rings is 1. The van der Waals surface area contributed by atoms with Crippen LogP contribution in [0.1, 0.15) is 67.3 Å². The molecule has 3 aromatic rings. The largest absolute Gasteiger partial charge is 0.384 e. The molecule has 2 fully saturated rings. The van der Waals surface area contributed by atoms with Gasteiger partial charge in [-0.1, -0.05) is 62.4 Å². The third-order valence-electron chi connectivity index (χ3n) is 8.81. The highest BCUT2D eigenvalue weighted by molar-refractivity contribution is 7.09. The van der Waals surface area contributed by atoms with Crippen LogP contribution >= 0.6 is 11.3 Å². The quantitative estimate of drug-likeness (QED) is 0.212. The predicted octanol–water partition coefficient (Wildman–Crippen LogP) is 3.19. The first kappa shape index (κ1) is 32.8. The Balaban J connectivity index is 1.34. The van der Waals surface area contributed by atoms with E-state index in [2.05, 4.69) is 25.6 Å². The number of carbonyl (C=O) groups is 3. The molecule has 4 atom stereocenters. The number of morpholine rings is 1. The Morgan fingerprint density at radius 1 is 1.02 bits per heavy atom. The summed E-state index contributed by atoms with van der Waals surface area (Å²) in [5, 5.41) is 19.7. The number of rotatable bonds is 14. The molecule has 0 radical (unpaired) electrons. The summed E-state index contributed by atoms with van der Waals surface area (Å²) in [6, 6.07) is 8.06. The van der Waals surface area contributed by atoms with Crippen LogP contribution in [-0.2, 0) is 32.0 Å². The molecule has 0 bridgehead atoms. The lowest BCUT2D eigenvalue weighted by Gasteiger charge is -2.31. The molecule has 12 heteroatoms. The van der Waals surface area contributed by atoms with Crippen molar-refractivity contribution in [3.63, 3.8) is 0 Å². The molecule has 1 aliphatic heterocycles. The van der Waals surface area contributed by atoms with Crippen molar-refractivity contribution in [3.05, 3.63) is 70.7 Å². The number of carbonyl (C=O) groups excluding carboxylic acids is 3. The van der Waals surface area contributed by atoms with Gasteiger partial charge in [0.05, 0.1) is 37.2 Å². The van der Waals surface area contributed by atoms with Crippen LogP contribution in [0.2, 0.25) is 0 Å². The van der Waals surface area contributed by atoms with E-state index in [4.69, 9.17) is 4.74 Å². The van der Waals surface area contributed by atoms with E-state index in [9.17, 15) is 19.5 Å². The zero-order chi connectivity index (χ0) is 31.4. The van der Waals surface area contributed by atoms with Gasteiger partial charge in [-0.2, -0.15) is 0 Å². The van der Waals surface area contributed by atoms with Crippen LogP contribution in [-0.4, -0.2) is 81.1 Å². The summed E-state index contributed by atoms with van der Waals surface area (Å²) in [6.45, 7) is 1.93. The molecular weight excluding hydrogens is 592 g/mol. The maximum Gasteiger partial charge on any atom is 0.243 e. The average Bonchev–Trinajstić information content (AvgIpc) is 3.80. The number of hydrogen-bond donors (Lipinski definition) is 4. The van der Waals surface area contributed by atoms with E-state index in [1.54, 1.807) is 17.3 Å². The highest BCUT2D eigenvalue weighted by atomic mass is 32.1. The van der Waals surface area contributed by atoms with Crippen LogP contribution < -0.4 is 10.6 Å². The van der Waals surface area contributed by atoms with Crippen LogP contribution in [0.3, 0.4) is 0 Å². The van der Waals surface area contributed by atoms with Crippen molar-refractivity contribution in [2.24, 2.45) is 11.8 Å². The van der Waals surface area contributed by atoms with Crippen molar-refractivity contribution >= 4 is 29.1 Å². The minimum Gasteiger partial charge on any atom is -0.384 e. The molecular formula is C33H44N6O5S. The lowest BCUT2D eigenvalue weighted by molar-refractivity contribution is -0.140. The molecule has 5 rings (SSSR count). The summed E-state index contributed by atoms with van der Waals surface area (Å²) in [5.74, 6) is -1.18. The number of nitrogens with zero attached hydrogens (tertiary/aromatic N) is 3. The second-order valence-electron chi connectivity index (χ2n) is 12.1. The number of aromatic amines is 1. The smallest absolute Gasteiger partial charge is 0.243 e. The molecule has 45 heavy (non-hydrogen) atoms. The molecule has 2 aliphatic rings. The van der Waals surface area contributed by atoms with E-state index in [0.29, 0.717) is 55.8 Å². The summed E-state index contributed by atoms with van der Waals surface area (Å²) < 4.78 is 5.40. The average molecular weight is 637 g/mol. The Labute approximate surface area is 268 Å². The van der Waals surface area contributed by atoms with Crippen molar-refractivity contribution in [2.45, 2.75) is 76.0 Å². The summed E-state index contributed by atoms with van der Waals surface area (Å²) >= 11 is 1.35. The molecule has 4 N–H and O–H groups in total. The molecule has 0 spiro atoms. The number of aliphatic hydroxyl groups excluding tert-OH is 1. The van der Waals surface area contributed by atoms with Crippen LogP contribution in [0.15, 0.2) is 54.4 Å². The molecule has 242 valence electrons. The number of nitrogens with one attached hydrogen (secondary N) is 3. The Bertz CT molecular complexity index is 1330. The highest BCUT2D eigenvalue weighted by Crippen LogP contribution is 2.31. The van der Waals surface area contributed by atoms with Gasteiger partial charge >= 0.3 is 0 Å². The van der Waals surface area contributed by atoms with E-state index in [-0.39, 0.29) is 24.7 Å². The Hall–Kier alpha value is -3.61. The number of H-pyrrole nitrogens is 1. The Morgan fingerprint density at radius 3 is 2.49 bits per heavy atom. The van der Waals surface area contributed by atoms with Gasteiger partial charge in [-0.15, -0.1) is 11.3 Å². The van der Waals surface area contributed by atoms with E-state index < -0.39 is 30.0 Å². The van der Waals surface area contributed by atoms with Gasteiger partial charge < -0.3 is 30.4 Å². The van der Waals surface area contributed by atoms with E-state index >= 15 is 0 Å². The van der Waals surface area contributed by atoms with Gasteiger partial charge in [0.2, 0.25) is 17.7 Å². The van der Waals surface area contributed by atoms with Crippen LogP contribution in [0.4, 0.5) is 0 Å².